The van der Waals surface area contributed by atoms with E-state index in [9.17, 15) is 10.2 Å². The molecule has 0 fully saturated rings. The van der Waals surface area contributed by atoms with E-state index in [1.54, 1.807) is 18.2 Å². The Labute approximate surface area is 133 Å². The van der Waals surface area contributed by atoms with Crippen molar-refractivity contribution in [3.63, 3.8) is 0 Å². The van der Waals surface area contributed by atoms with Gasteiger partial charge in [-0.2, -0.15) is 0 Å². The van der Waals surface area contributed by atoms with Crippen LogP contribution in [0.2, 0.25) is 0 Å². The summed E-state index contributed by atoms with van der Waals surface area (Å²) in [7, 11) is 0. The van der Waals surface area contributed by atoms with Crippen molar-refractivity contribution in [2.24, 2.45) is 5.92 Å². The van der Waals surface area contributed by atoms with E-state index in [-0.39, 0.29) is 11.7 Å². The zero-order valence-corrected chi connectivity index (χ0v) is 13.5. The lowest BCUT2D eigenvalue weighted by Crippen LogP contribution is -2.14. The lowest BCUT2D eigenvalue weighted by Gasteiger charge is -2.28. The molecule has 0 radical (unpaired) electrons. The quantitative estimate of drug-likeness (QED) is 0.714. The minimum absolute atomic E-state index is 0.165. The zero-order valence-electron chi connectivity index (χ0n) is 13.5. The van der Waals surface area contributed by atoms with Crippen LogP contribution in [0.25, 0.3) is 0 Å². The molecule has 22 heavy (non-hydrogen) atoms. The highest BCUT2D eigenvalue weighted by Gasteiger charge is 2.25. The maximum Gasteiger partial charge on any atom is 0.119 e. The van der Waals surface area contributed by atoms with Gasteiger partial charge in [0.1, 0.15) is 11.5 Å². The molecule has 0 heterocycles. The summed E-state index contributed by atoms with van der Waals surface area (Å²) in [5.74, 6) is 1.29. The molecule has 2 N–H and O–H groups in total. The van der Waals surface area contributed by atoms with E-state index in [0.717, 1.165) is 24.0 Å². The van der Waals surface area contributed by atoms with Gasteiger partial charge in [-0.15, -0.1) is 0 Å². The summed E-state index contributed by atoms with van der Waals surface area (Å²) in [5, 5.41) is 19.9. The van der Waals surface area contributed by atoms with Gasteiger partial charge in [0.05, 0.1) is 0 Å². The summed E-state index contributed by atoms with van der Waals surface area (Å²) in [6, 6.07) is 15.0. The fourth-order valence-corrected chi connectivity index (χ4v) is 3.21. The number of rotatable bonds is 7. The monoisotopic (exact) mass is 298 g/mol. The molecule has 0 aliphatic rings. The van der Waals surface area contributed by atoms with Gasteiger partial charge in [-0.3, -0.25) is 0 Å². The number of para-hydroxylation sites is 1. The van der Waals surface area contributed by atoms with Gasteiger partial charge < -0.3 is 10.2 Å². The van der Waals surface area contributed by atoms with Crippen molar-refractivity contribution in [2.75, 3.05) is 0 Å². The predicted octanol–water partition coefficient (Wildman–Crippen LogP) is 5.45. The van der Waals surface area contributed by atoms with Gasteiger partial charge in [0.15, 0.2) is 0 Å². The first-order valence-electron chi connectivity index (χ1n) is 8.24. The topological polar surface area (TPSA) is 40.5 Å². The van der Waals surface area contributed by atoms with Crippen molar-refractivity contribution < 1.29 is 10.2 Å². The Bertz CT molecular complexity index is 575. The fourth-order valence-electron chi connectivity index (χ4n) is 3.21. The Kier molecular flexibility index (Phi) is 5.88. The number of benzene rings is 2. The van der Waals surface area contributed by atoms with Gasteiger partial charge in [-0.1, -0.05) is 63.4 Å². The van der Waals surface area contributed by atoms with Gasteiger partial charge in [0.25, 0.3) is 0 Å². The molecular formula is C20H26O2. The van der Waals surface area contributed by atoms with E-state index in [4.69, 9.17) is 0 Å². The number of phenolic OH excluding ortho intramolecular Hbond substituents is 2. The largest absolute Gasteiger partial charge is 0.508 e. The summed E-state index contributed by atoms with van der Waals surface area (Å²) in [6.45, 7) is 4.43. The Morgan fingerprint density at radius 3 is 2.18 bits per heavy atom. The van der Waals surface area contributed by atoms with E-state index in [1.165, 1.54) is 12.8 Å². The molecule has 2 aromatic carbocycles. The standard InChI is InChI=1S/C20H26O2/c1-3-5-8-15(4-2)20(16-11-13-17(21)14-12-16)18-9-6-7-10-19(18)22/h6-7,9-15,20-22H,3-5,8H2,1-2H3. The van der Waals surface area contributed by atoms with Crippen LogP contribution in [-0.2, 0) is 0 Å². The number of unbranched alkanes of at least 4 members (excludes halogenated alkanes) is 1. The first-order chi connectivity index (χ1) is 10.7. The minimum Gasteiger partial charge on any atom is -0.508 e. The van der Waals surface area contributed by atoms with Crippen LogP contribution < -0.4 is 0 Å². The number of hydrogen-bond acceptors (Lipinski definition) is 2. The van der Waals surface area contributed by atoms with Crippen LogP contribution in [0.4, 0.5) is 0 Å². The van der Waals surface area contributed by atoms with Crippen molar-refractivity contribution >= 4 is 0 Å². The van der Waals surface area contributed by atoms with Crippen LogP contribution in [0.5, 0.6) is 11.5 Å². The molecule has 2 nitrogen and oxygen atoms in total. The predicted molar refractivity (Wildman–Crippen MR) is 91.4 cm³/mol. The van der Waals surface area contributed by atoms with E-state index >= 15 is 0 Å². The first-order valence-corrected chi connectivity index (χ1v) is 8.24. The Morgan fingerprint density at radius 2 is 1.59 bits per heavy atom. The lowest BCUT2D eigenvalue weighted by atomic mass is 9.76. The summed E-state index contributed by atoms with van der Waals surface area (Å²) in [4.78, 5) is 0. The van der Waals surface area contributed by atoms with Crippen LogP contribution in [0.3, 0.4) is 0 Å². The van der Waals surface area contributed by atoms with E-state index in [1.807, 2.05) is 30.3 Å². The third-order valence-corrected chi connectivity index (χ3v) is 4.45. The lowest BCUT2D eigenvalue weighted by molar-refractivity contribution is 0.390. The molecule has 0 aromatic heterocycles. The molecule has 0 saturated heterocycles. The van der Waals surface area contributed by atoms with Gasteiger partial charge in [0.2, 0.25) is 0 Å². The third kappa shape index (κ3) is 3.82. The van der Waals surface area contributed by atoms with Crippen LogP contribution in [-0.4, -0.2) is 10.2 Å². The molecule has 2 heteroatoms. The van der Waals surface area contributed by atoms with Crippen LogP contribution in [0.1, 0.15) is 56.6 Å². The second-order valence-corrected chi connectivity index (χ2v) is 5.94. The molecule has 2 aromatic rings. The zero-order chi connectivity index (χ0) is 15.9. The summed E-state index contributed by atoms with van der Waals surface area (Å²) in [6.07, 6.45) is 4.59. The average molecular weight is 298 g/mol. The molecule has 2 unspecified atom stereocenters. The highest BCUT2D eigenvalue weighted by Crippen LogP contribution is 2.40. The van der Waals surface area contributed by atoms with E-state index in [2.05, 4.69) is 13.8 Å². The maximum absolute atomic E-state index is 10.3. The summed E-state index contributed by atoms with van der Waals surface area (Å²) in [5.41, 5.74) is 2.14. The van der Waals surface area contributed by atoms with Crippen molar-refractivity contribution in [3.05, 3.63) is 59.7 Å². The highest BCUT2D eigenvalue weighted by molar-refractivity contribution is 5.43. The van der Waals surface area contributed by atoms with Gasteiger partial charge in [-0.05, 0) is 36.1 Å². The van der Waals surface area contributed by atoms with Crippen molar-refractivity contribution in [3.8, 4) is 11.5 Å². The number of phenols is 2. The Balaban J connectivity index is 2.43. The summed E-state index contributed by atoms with van der Waals surface area (Å²) < 4.78 is 0. The molecule has 0 amide bonds. The van der Waals surface area contributed by atoms with Crippen LogP contribution in [0, 0.1) is 5.92 Å². The van der Waals surface area contributed by atoms with Crippen molar-refractivity contribution in [1.82, 2.24) is 0 Å². The SMILES string of the molecule is CCCCC(CC)C(c1ccc(O)cc1)c1ccccc1O. The van der Waals surface area contributed by atoms with E-state index in [0.29, 0.717) is 11.7 Å². The molecule has 2 atom stereocenters. The number of aromatic hydroxyl groups is 2. The smallest absolute Gasteiger partial charge is 0.119 e. The van der Waals surface area contributed by atoms with Crippen LogP contribution >= 0.6 is 0 Å². The Hall–Kier alpha value is -1.96. The summed E-state index contributed by atoms with van der Waals surface area (Å²) >= 11 is 0. The maximum atomic E-state index is 10.3. The molecule has 0 spiro atoms. The molecule has 0 aliphatic heterocycles. The van der Waals surface area contributed by atoms with Crippen LogP contribution in [0.15, 0.2) is 48.5 Å². The normalized spacial score (nSPS) is 13.7. The molecule has 2 rings (SSSR count). The third-order valence-electron chi connectivity index (χ3n) is 4.45. The minimum atomic E-state index is 0.165. The van der Waals surface area contributed by atoms with Gasteiger partial charge >= 0.3 is 0 Å². The Morgan fingerprint density at radius 1 is 0.909 bits per heavy atom. The first kappa shape index (κ1) is 16.4. The highest BCUT2D eigenvalue weighted by atomic mass is 16.3. The fraction of sp³-hybridized carbons (Fsp3) is 0.400. The molecular weight excluding hydrogens is 272 g/mol. The van der Waals surface area contributed by atoms with Crippen molar-refractivity contribution in [1.29, 1.82) is 0 Å². The molecule has 118 valence electrons. The average Bonchev–Trinajstić information content (AvgIpc) is 2.54. The second-order valence-electron chi connectivity index (χ2n) is 5.94. The number of hydrogen-bond donors (Lipinski definition) is 2. The molecule has 0 bridgehead atoms. The molecule has 0 saturated carbocycles. The van der Waals surface area contributed by atoms with Crippen molar-refractivity contribution in [2.45, 2.75) is 45.4 Å². The second kappa shape index (κ2) is 7.88. The van der Waals surface area contributed by atoms with Gasteiger partial charge in [0, 0.05) is 11.5 Å². The van der Waals surface area contributed by atoms with E-state index < -0.39 is 0 Å². The molecule has 0 aliphatic carbocycles. The van der Waals surface area contributed by atoms with Gasteiger partial charge in [-0.25, -0.2) is 0 Å².